The highest BCUT2D eigenvalue weighted by molar-refractivity contribution is 5.99. The third-order valence-corrected chi connectivity index (χ3v) is 3.98. The first kappa shape index (κ1) is 18.0. The van der Waals surface area contributed by atoms with Gasteiger partial charge < -0.3 is 19.6 Å². The van der Waals surface area contributed by atoms with Gasteiger partial charge in [0.2, 0.25) is 0 Å². The molecule has 0 fully saturated rings. The number of nitrogens with one attached hydrogen (secondary N) is 1. The van der Waals surface area contributed by atoms with E-state index in [9.17, 15) is 18.7 Å². The van der Waals surface area contributed by atoms with Crippen LogP contribution >= 0.6 is 0 Å². The molecule has 3 rings (SSSR count). The number of hydrogen-bond acceptors (Lipinski definition) is 4. The molecule has 7 heteroatoms. The van der Waals surface area contributed by atoms with Crippen LogP contribution in [0, 0.1) is 11.6 Å². The van der Waals surface area contributed by atoms with Gasteiger partial charge in [-0.3, -0.25) is 4.79 Å². The van der Waals surface area contributed by atoms with Crippen molar-refractivity contribution in [3.8, 4) is 0 Å². The lowest BCUT2D eigenvalue weighted by Gasteiger charge is -2.12. The van der Waals surface area contributed by atoms with Crippen molar-refractivity contribution in [3.63, 3.8) is 0 Å². The van der Waals surface area contributed by atoms with Gasteiger partial charge in [0.1, 0.15) is 5.58 Å². The van der Waals surface area contributed by atoms with Gasteiger partial charge in [0.05, 0.1) is 12.7 Å². The first-order valence-corrected chi connectivity index (χ1v) is 7.91. The number of amides is 1. The average molecular weight is 361 g/mol. The minimum absolute atomic E-state index is 0.0885. The highest BCUT2D eigenvalue weighted by Gasteiger charge is 2.21. The highest BCUT2D eigenvalue weighted by Crippen LogP contribution is 2.26. The number of carbonyl (C=O) groups excluding carboxylic acids is 1. The highest BCUT2D eigenvalue weighted by atomic mass is 19.2. The monoisotopic (exact) mass is 361 g/mol. The molecular formula is C19H17F2NO4. The largest absolute Gasteiger partial charge is 0.451 e. The van der Waals surface area contributed by atoms with Crippen molar-refractivity contribution in [2.45, 2.75) is 12.7 Å². The van der Waals surface area contributed by atoms with Crippen molar-refractivity contribution in [3.05, 3.63) is 71.0 Å². The molecule has 1 unspecified atom stereocenters. The molecule has 0 bridgehead atoms. The number of methoxy groups -OCH3 is 1. The molecule has 0 saturated heterocycles. The second kappa shape index (κ2) is 7.63. The lowest BCUT2D eigenvalue weighted by atomic mass is 10.1. The Labute approximate surface area is 148 Å². The summed E-state index contributed by atoms with van der Waals surface area (Å²) in [6, 6.07) is 10.2. The quantitative estimate of drug-likeness (QED) is 0.707. The van der Waals surface area contributed by atoms with E-state index >= 15 is 0 Å². The van der Waals surface area contributed by atoms with Crippen LogP contribution in [0.1, 0.15) is 27.8 Å². The van der Waals surface area contributed by atoms with Crippen molar-refractivity contribution in [1.82, 2.24) is 5.32 Å². The summed E-state index contributed by atoms with van der Waals surface area (Å²) in [5.74, 6) is -2.51. The molecule has 1 heterocycles. The summed E-state index contributed by atoms with van der Waals surface area (Å²) in [5.41, 5.74) is 1.31. The van der Waals surface area contributed by atoms with Crippen LogP contribution in [-0.4, -0.2) is 24.7 Å². The Morgan fingerprint density at radius 1 is 1.23 bits per heavy atom. The molecule has 0 aliphatic carbocycles. The maximum Gasteiger partial charge on any atom is 0.287 e. The fourth-order valence-corrected chi connectivity index (χ4v) is 2.68. The minimum Gasteiger partial charge on any atom is -0.451 e. The van der Waals surface area contributed by atoms with E-state index in [0.29, 0.717) is 11.1 Å². The third kappa shape index (κ3) is 3.58. The number of para-hydroxylation sites is 1. The van der Waals surface area contributed by atoms with Gasteiger partial charge in [-0.25, -0.2) is 8.78 Å². The first-order valence-electron chi connectivity index (χ1n) is 7.91. The molecule has 5 nitrogen and oxygen atoms in total. The number of hydrogen-bond donors (Lipinski definition) is 2. The molecule has 0 spiro atoms. The SMILES string of the molecule is COCc1c(C(=O)NCC(O)c2ccc(F)c(F)c2)oc2ccccc12. The summed E-state index contributed by atoms with van der Waals surface area (Å²) in [4.78, 5) is 12.5. The van der Waals surface area contributed by atoms with E-state index < -0.39 is 23.6 Å². The number of aliphatic hydroxyl groups excluding tert-OH is 1. The Balaban J connectivity index is 1.76. The minimum atomic E-state index is -1.19. The number of aliphatic hydroxyl groups is 1. The lowest BCUT2D eigenvalue weighted by Crippen LogP contribution is -2.28. The van der Waals surface area contributed by atoms with E-state index in [0.717, 1.165) is 17.5 Å². The van der Waals surface area contributed by atoms with Gasteiger partial charge in [0, 0.05) is 24.6 Å². The molecule has 2 aromatic carbocycles. The van der Waals surface area contributed by atoms with Gasteiger partial charge in [-0.05, 0) is 23.8 Å². The van der Waals surface area contributed by atoms with Crippen LogP contribution in [0.3, 0.4) is 0 Å². The molecule has 0 aliphatic heterocycles. The molecule has 26 heavy (non-hydrogen) atoms. The molecule has 136 valence electrons. The van der Waals surface area contributed by atoms with Crippen molar-refractivity contribution in [2.24, 2.45) is 0 Å². The van der Waals surface area contributed by atoms with E-state index in [-0.39, 0.29) is 24.5 Å². The van der Waals surface area contributed by atoms with Crippen molar-refractivity contribution >= 4 is 16.9 Å². The molecular weight excluding hydrogens is 344 g/mol. The molecule has 1 aromatic heterocycles. The molecule has 2 N–H and O–H groups in total. The Hall–Kier alpha value is -2.77. The summed E-state index contributed by atoms with van der Waals surface area (Å²) in [6.45, 7) is -0.00112. The fourth-order valence-electron chi connectivity index (χ4n) is 2.68. The number of furan rings is 1. The summed E-state index contributed by atoms with van der Waals surface area (Å²) in [5, 5.41) is 13.4. The van der Waals surface area contributed by atoms with Gasteiger partial charge in [-0.2, -0.15) is 0 Å². The predicted octanol–water partition coefficient (Wildman–Crippen LogP) is 3.32. The Morgan fingerprint density at radius 2 is 2.00 bits per heavy atom. The van der Waals surface area contributed by atoms with E-state index in [2.05, 4.69) is 5.32 Å². The van der Waals surface area contributed by atoms with Crippen molar-refractivity contribution in [2.75, 3.05) is 13.7 Å². The predicted molar refractivity (Wildman–Crippen MR) is 90.6 cm³/mol. The van der Waals surface area contributed by atoms with Crippen LogP contribution < -0.4 is 5.32 Å². The number of halogens is 2. The summed E-state index contributed by atoms with van der Waals surface area (Å²) in [7, 11) is 1.51. The van der Waals surface area contributed by atoms with Gasteiger partial charge in [-0.1, -0.05) is 24.3 Å². The molecule has 0 saturated carbocycles. The van der Waals surface area contributed by atoms with Crippen LogP contribution in [-0.2, 0) is 11.3 Å². The third-order valence-electron chi connectivity index (χ3n) is 3.98. The van der Waals surface area contributed by atoms with Crippen LogP contribution in [0.5, 0.6) is 0 Å². The Kier molecular flexibility index (Phi) is 5.29. The van der Waals surface area contributed by atoms with E-state index in [1.165, 1.54) is 13.2 Å². The summed E-state index contributed by atoms with van der Waals surface area (Å²) < 4.78 is 37.0. The zero-order valence-corrected chi connectivity index (χ0v) is 14.0. The first-order chi connectivity index (χ1) is 12.5. The maximum atomic E-state index is 13.3. The lowest BCUT2D eigenvalue weighted by molar-refractivity contribution is 0.0884. The normalized spacial score (nSPS) is 12.3. The number of benzene rings is 2. The number of fused-ring (bicyclic) bond motifs is 1. The van der Waals surface area contributed by atoms with Crippen molar-refractivity contribution in [1.29, 1.82) is 0 Å². The molecule has 3 aromatic rings. The number of ether oxygens (including phenoxy) is 1. The van der Waals surface area contributed by atoms with Crippen molar-refractivity contribution < 1.29 is 27.8 Å². The van der Waals surface area contributed by atoms with E-state index in [1.54, 1.807) is 12.1 Å². The van der Waals surface area contributed by atoms with Crippen LogP contribution in [0.25, 0.3) is 11.0 Å². The van der Waals surface area contributed by atoms with Gasteiger partial charge in [-0.15, -0.1) is 0 Å². The van der Waals surface area contributed by atoms with E-state index in [1.807, 2.05) is 12.1 Å². The second-order valence-corrected chi connectivity index (χ2v) is 5.74. The van der Waals surface area contributed by atoms with Gasteiger partial charge >= 0.3 is 0 Å². The maximum absolute atomic E-state index is 13.3. The molecule has 1 atom stereocenters. The Morgan fingerprint density at radius 3 is 2.73 bits per heavy atom. The topological polar surface area (TPSA) is 71.7 Å². The zero-order chi connectivity index (χ0) is 18.7. The smallest absolute Gasteiger partial charge is 0.287 e. The van der Waals surface area contributed by atoms with Gasteiger partial charge in [0.25, 0.3) is 5.91 Å². The average Bonchev–Trinajstić information content (AvgIpc) is 3.01. The summed E-state index contributed by atoms with van der Waals surface area (Å²) in [6.07, 6.45) is -1.19. The van der Waals surface area contributed by atoms with Gasteiger partial charge in [0.15, 0.2) is 17.4 Å². The zero-order valence-electron chi connectivity index (χ0n) is 14.0. The second-order valence-electron chi connectivity index (χ2n) is 5.74. The standard InChI is InChI=1S/C19H17F2NO4/c1-25-10-13-12-4-2-3-5-17(12)26-18(13)19(24)22-9-16(23)11-6-7-14(20)15(21)8-11/h2-8,16,23H,9-10H2,1H3,(H,22,24). The number of rotatable bonds is 6. The van der Waals surface area contributed by atoms with E-state index in [4.69, 9.17) is 9.15 Å². The number of carbonyl (C=O) groups is 1. The van der Waals surface area contributed by atoms with Crippen LogP contribution in [0.2, 0.25) is 0 Å². The molecule has 0 aliphatic rings. The Bertz CT molecular complexity index is 938. The molecule has 0 radical (unpaired) electrons. The summed E-state index contributed by atoms with van der Waals surface area (Å²) >= 11 is 0. The molecule has 1 amide bonds. The van der Waals surface area contributed by atoms with Crippen LogP contribution in [0.4, 0.5) is 8.78 Å². The van der Waals surface area contributed by atoms with Crippen LogP contribution in [0.15, 0.2) is 46.9 Å². The fraction of sp³-hybridized carbons (Fsp3) is 0.211.